The molecule has 0 aliphatic rings. The molecule has 0 saturated carbocycles. The maximum absolute atomic E-state index is 14.1. The Bertz CT molecular complexity index is 1060. The third-order valence-electron chi connectivity index (χ3n) is 3.74. The van der Waals surface area contributed by atoms with Crippen molar-refractivity contribution in [3.63, 3.8) is 0 Å². The highest BCUT2D eigenvalue weighted by atomic mass is 32.2. The van der Waals surface area contributed by atoms with Gasteiger partial charge in [-0.2, -0.15) is 8.42 Å². The van der Waals surface area contributed by atoms with Crippen molar-refractivity contribution in [3.8, 4) is 22.4 Å². The van der Waals surface area contributed by atoms with Gasteiger partial charge in [0.05, 0.1) is 5.56 Å². The summed E-state index contributed by atoms with van der Waals surface area (Å²) in [6.45, 7) is 1.85. The van der Waals surface area contributed by atoms with Crippen LogP contribution in [0.4, 0.5) is 13.2 Å². The van der Waals surface area contributed by atoms with Gasteiger partial charge in [0.2, 0.25) is 5.76 Å². The zero-order valence-corrected chi connectivity index (χ0v) is 14.1. The average molecular weight is 383 g/mol. The van der Waals surface area contributed by atoms with Crippen molar-refractivity contribution in [3.05, 3.63) is 59.6 Å². The summed E-state index contributed by atoms with van der Waals surface area (Å²) in [5, 5.41) is 3.67. The molecule has 26 heavy (non-hydrogen) atoms. The summed E-state index contributed by atoms with van der Waals surface area (Å²) >= 11 is 0. The molecule has 0 fully saturated rings. The van der Waals surface area contributed by atoms with E-state index in [9.17, 15) is 21.6 Å². The first-order valence-corrected chi connectivity index (χ1v) is 8.74. The van der Waals surface area contributed by atoms with E-state index in [1.165, 1.54) is 0 Å². The first-order chi connectivity index (χ1) is 12.2. The molecule has 5 nitrogen and oxygen atoms in total. The van der Waals surface area contributed by atoms with Crippen LogP contribution in [0.3, 0.4) is 0 Å². The molecule has 0 bridgehead atoms. The first kappa shape index (κ1) is 18.2. The number of nitrogens with zero attached hydrogens (tertiary/aromatic N) is 1. The second-order valence-electron chi connectivity index (χ2n) is 5.56. The van der Waals surface area contributed by atoms with Crippen LogP contribution in [0.5, 0.6) is 0 Å². The lowest BCUT2D eigenvalue weighted by Crippen LogP contribution is -2.01. The highest BCUT2D eigenvalue weighted by Gasteiger charge is 2.27. The Morgan fingerprint density at radius 3 is 2.23 bits per heavy atom. The van der Waals surface area contributed by atoms with Crippen molar-refractivity contribution in [1.82, 2.24) is 5.16 Å². The van der Waals surface area contributed by atoms with Crippen molar-refractivity contribution < 1.29 is 30.7 Å². The molecule has 0 spiro atoms. The van der Waals surface area contributed by atoms with Crippen molar-refractivity contribution in [2.45, 2.75) is 18.2 Å². The van der Waals surface area contributed by atoms with E-state index in [0.717, 1.165) is 23.8 Å². The van der Waals surface area contributed by atoms with Crippen molar-refractivity contribution in [2.75, 3.05) is 0 Å². The summed E-state index contributed by atoms with van der Waals surface area (Å²) in [5.41, 5.74) is 1.28. The number of benzene rings is 2. The van der Waals surface area contributed by atoms with Gasteiger partial charge in [0.15, 0.2) is 0 Å². The highest BCUT2D eigenvalue weighted by molar-refractivity contribution is 7.85. The summed E-state index contributed by atoms with van der Waals surface area (Å²) < 4.78 is 76.6. The summed E-state index contributed by atoms with van der Waals surface area (Å²) in [4.78, 5) is -0.951. The van der Waals surface area contributed by atoms with Crippen LogP contribution in [-0.2, 0) is 10.1 Å². The molecule has 2 aromatic carbocycles. The molecule has 1 aromatic heterocycles. The van der Waals surface area contributed by atoms with Gasteiger partial charge in [-0.1, -0.05) is 41.1 Å². The topological polar surface area (TPSA) is 80.4 Å². The summed E-state index contributed by atoms with van der Waals surface area (Å²) in [6.07, 6.45) is -3.01. The van der Waals surface area contributed by atoms with Gasteiger partial charge >= 0.3 is 0 Å². The van der Waals surface area contributed by atoms with Crippen molar-refractivity contribution >= 4 is 10.1 Å². The summed E-state index contributed by atoms with van der Waals surface area (Å²) in [7, 11) is -4.77. The van der Waals surface area contributed by atoms with E-state index >= 15 is 0 Å². The third kappa shape index (κ3) is 3.35. The molecular formula is C17H12F3NO4S. The Hall–Kier alpha value is -2.65. The van der Waals surface area contributed by atoms with Crippen LogP contribution >= 0.6 is 0 Å². The number of hydrogen-bond acceptors (Lipinski definition) is 4. The molecule has 1 N–H and O–H groups in total. The minimum absolute atomic E-state index is 0.0537. The Kier molecular flexibility index (Phi) is 4.59. The first-order valence-electron chi connectivity index (χ1n) is 7.30. The van der Waals surface area contributed by atoms with Crippen LogP contribution in [0.25, 0.3) is 22.4 Å². The summed E-state index contributed by atoms with van der Waals surface area (Å²) in [5.74, 6) is -2.04. The smallest absolute Gasteiger partial charge is 0.298 e. The SMILES string of the molecule is Cc1ccc(-c2noc(C(F)F)c2-c2ccc(S(=O)(=O)O)c(F)c2)cc1. The average Bonchev–Trinajstić information content (AvgIpc) is 2.99. The predicted molar refractivity (Wildman–Crippen MR) is 86.8 cm³/mol. The zero-order valence-electron chi connectivity index (χ0n) is 13.3. The monoisotopic (exact) mass is 383 g/mol. The normalized spacial score (nSPS) is 11.9. The molecule has 0 saturated heterocycles. The van der Waals surface area contributed by atoms with E-state index in [4.69, 9.17) is 9.08 Å². The number of aryl methyl sites for hydroxylation is 1. The highest BCUT2D eigenvalue weighted by Crippen LogP contribution is 2.39. The Morgan fingerprint density at radius 2 is 1.69 bits per heavy atom. The molecule has 136 valence electrons. The van der Waals surface area contributed by atoms with Gasteiger partial charge in [0.25, 0.3) is 16.5 Å². The van der Waals surface area contributed by atoms with Crippen LogP contribution in [0.2, 0.25) is 0 Å². The van der Waals surface area contributed by atoms with E-state index in [-0.39, 0.29) is 16.8 Å². The number of aromatic nitrogens is 1. The fourth-order valence-electron chi connectivity index (χ4n) is 2.50. The number of halogens is 3. The summed E-state index contributed by atoms with van der Waals surface area (Å²) in [6, 6.07) is 9.42. The van der Waals surface area contributed by atoms with E-state index in [0.29, 0.717) is 5.56 Å². The second kappa shape index (κ2) is 6.58. The maximum Gasteiger partial charge on any atom is 0.298 e. The van der Waals surface area contributed by atoms with Gasteiger partial charge in [-0.3, -0.25) is 4.55 Å². The van der Waals surface area contributed by atoms with E-state index in [2.05, 4.69) is 5.16 Å². The molecular weight excluding hydrogens is 371 g/mol. The van der Waals surface area contributed by atoms with Crippen LogP contribution in [-0.4, -0.2) is 18.1 Å². The van der Waals surface area contributed by atoms with E-state index < -0.39 is 33.0 Å². The van der Waals surface area contributed by atoms with Gasteiger partial charge in [0.1, 0.15) is 16.4 Å². The minimum Gasteiger partial charge on any atom is -0.354 e. The minimum atomic E-state index is -4.77. The lowest BCUT2D eigenvalue weighted by atomic mass is 9.98. The molecule has 0 radical (unpaired) electrons. The Balaban J connectivity index is 2.22. The second-order valence-corrected chi connectivity index (χ2v) is 6.95. The lowest BCUT2D eigenvalue weighted by Gasteiger charge is -2.07. The largest absolute Gasteiger partial charge is 0.354 e. The van der Waals surface area contributed by atoms with Gasteiger partial charge in [-0.15, -0.1) is 0 Å². The quantitative estimate of drug-likeness (QED) is 0.664. The molecule has 0 aliphatic heterocycles. The fourth-order valence-corrected chi connectivity index (χ4v) is 3.05. The third-order valence-corrected chi connectivity index (χ3v) is 4.63. The van der Waals surface area contributed by atoms with Crippen molar-refractivity contribution in [1.29, 1.82) is 0 Å². The van der Waals surface area contributed by atoms with Crippen LogP contribution in [0.1, 0.15) is 17.7 Å². The van der Waals surface area contributed by atoms with E-state index in [1.54, 1.807) is 24.3 Å². The molecule has 0 aliphatic carbocycles. The van der Waals surface area contributed by atoms with Crippen LogP contribution < -0.4 is 0 Å². The van der Waals surface area contributed by atoms with Crippen molar-refractivity contribution in [2.24, 2.45) is 0 Å². The Labute approximate surface area is 146 Å². The molecule has 0 unspecified atom stereocenters. The Morgan fingerprint density at radius 1 is 1.08 bits per heavy atom. The zero-order chi connectivity index (χ0) is 19.1. The van der Waals surface area contributed by atoms with Crippen LogP contribution in [0, 0.1) is 12.7 Å². The number of hydrogen-bond donors (Lipinski definition) is 1. The maximum atomic E-state index is 14.1. The molecule has 1 heterocycles. The van der Waals surface area contributed by atoms with Gasteiger partial charge < -0.3 is 4.52 Å². The molecule has 9 heteroatoms. The predicted octanol–water partition coefficient (Wildman–Crippen LogP) is 4.64. The molecule has 3 rings (SSSR count). The van der Waals surface area contributed by atoms with Gasteiger partial charge in [-0.05, 0) is 24.6 Å². The fraction of sp³-hybridized carbons (Fsp3) is 0.118. The van der Waals surface area contributed by atoms with Gasteiger partial charge in [0, 0.05) is 5.56 Å². The van der Waals surface area contributed by atoms with E-state index in [1.807, 2.05) is 6.92 Å². The molecule has 3 aromatic rings. The lowest BCUT2D eigenvalue weighted by molar-refractivity contribution is 0.113. The molecule has 0 amide bonds. The molecule has 0 atom stereocenters. The standard InChI is InChI=1S/C17H12F3NO4S/c1-9-2-4-10(5-3-9)15-14(16(17(19)20)25-21-15)11-6-7-13(12(18)8-11)26(22,23)24/h2-8,17H,1H3,(H,22,23,24). The van der Waals surface area contributed by atoms with Crippen LogP contribution in [0.15, 0.2) is 51.9 Å². The number of alkyl halides is 2. The van der Waals surface area contributed by atoms with Gasteiger partial charge in [-0.25, -0.2) is 13.2 Å². The number of rotatable bonds is 4.